The molecule has 94 valence electrons. The van der Waals surface area contributed by atoms with E-state index in [2.05, 4.69) is 16.6 Å². The summed E-state index contributed by atoms with van der Waals surface area (Å²) in [5.74, 6) is 0.988. The summed E-state index contributed by atoms with van der Waals surface area (Å²) in [6.45, 7) is 2.36. The average Bonchev–Trinajstić information content (AvgIpc) is 2.36. The minimum atomic E-state index is -0.0595. The molecule has 5 heteroatoms. The Bertz CT molecular complexity index is 371. The van der Waals surface area contributed by atoms with Crippen molar-refractivity contribution in [1.29, 1.82) is 0 Å². The van der Waals surface area contributed by atoms with Gasteiger partial charge < -0.3 is 11.1 Å². The second-order valence-electron chi connectivity index (χ2n) is 3.90. The fraction of sp³-hybridized carbons (Fsp3) is 0.500. The normalized spacial score (nSPS) is 12.2. The van der Waals surface area contributed by atoms with Crippen LogP contribution in [0, 0.1) is 0 Å². The van der Waals surface area contributed by atoms with Gasteiger partial charge >= 0.3 is 0 Å². The lowest BCUT2D eigenvalue weighted by Crippen LogP contribution is -2.33. The van der Waals surface area contributed by atoms with E-state index in [9.17, 15) is 4.79 Å². The molecular formula is C12H19N3OS. The highest BCUT2D eigenvalue weighted by atomic mass is 32.2. The van der Waals surface area contributed by atoms with Gasteiger partial charge in [-0.3, -0.25) is 9.78 Å². The van der Waals surface area contributed by atoms with Crippen LogP contribution in [-0.4, -0.2) is 28.9 Å². The van der Waals surface area contributed by atoms with E-state index in [-0.39, 0.29) is 11.9 Å². The highest BCUT2D eigenvalue weighted by Crippen LogP contribution is 2.04. The van der Waals surface area contributed by atoms with E-state index in [0.29, 0.717) is 12.1 Å². The SMILES string of the molecule is CSCCC(C)NC(=O)c1ccnc(CN)c1. The summed E-state index contributed by atoms with van der Waals surface area (Å²) in [6.07, 6.45) is 4.65. The minimum Gasteiger partial charge on any atom is -0.350 e. The predicted octanol–water partition coefficient (Wildman–Crippen LogP) is 1.41. The zero-order valence-electron chi connectivity index (χ0n) is 10.3. The highest BCUT2D eigenvalue weighted by molar-refractivity contribution is 7.98. The number of pyridine rings is 1. The monoisotopic (exact) mass is 253 g/mol. The van der Waals surface area contributed by atoms with Crippen molar-refractivity contribution in [2.24, 2.45) is 5.73 Å². The predicted molar refractivity (Wildman–Crippen MR) is 72.1 cm³/mol. The number of nitrogens with zero attached hydrogens (tertiary/aromatic N) is 1. The van der Waals surface area contributed by atoms with E-state index in [1.165, 1.54) is 0 Å². The third-order valence-corrected chi connectivity index (χ3v) is 3.06. The van der Waals surface area contributed by atoms with Crippen LogP contribution in [0.25, 0.3) is 0 Å². The molecule has 1 aromatic rings. The first-order valence-electron chi connectivity index (χ1n) is 5.62. The molecule has 1 unspecified atom stereocenters. The number of nitrogens with one attached hydrogen (secondary N) is 1. The number of nitrogens with two attached hydrogens (primary N) is 1. The van der Waals surface area contributed by atoms with Gasteiger partial charge in [-0.15, -0.1) is 0 Å². The second-order valence-corrected chi connectivity index (χ2v) is 4.88. The average molecular weight is 253 g/mol. The molecule has 17 heavy (non-hydrogen) atoms. The molecule has 1 aromatic heterocycles. The summed E-state index contributed by atoms with van der Waals surface area (Å²) >= 11 is 1.78. The molecule has 4 nitrogen and oxygen atoms in total. The summed E-state index contributed by atoms with van der Waals surface area (Å²) in [5, 5.41) is 2.96. The van der Waals surface area contributed by atoms with Crippen molar-refractivity contribution in [2.45, 2.75) is 25.9 Å². The van der Waals surface area contributed by atoms with Crippen LogP contribution in [0.3, 0.4) is 0 Å². The van der Waals surface area contributed by atoms with Crippen molar-refractivity contribution >= 4 is 17.7 Å². The third-order valence-electron chi connectivity index (χ3n) is 2.42. The first-order chi connectivity index (χ1) is 8.17. The summed E-state index contributed by atoms with van der Waals surface area (Å²) in [6, 6.07) is 3.62. The van der Waals surface area contributed by atoms with Crippen LogP contribution in [0.1, 0.15) is 29.4 Å². The number of hydrogen-bond acceptors (Lipinski definition) is 4. The molecule has 0 aliphatic carbocycles. The molecule has 0 saturated carbocycles. The van der Waals surface area contributed by atoms with E-state index in [4.69, 9.17) is 5.73 Å². The summed E-state index contributed by atoms with van der Waals surface area (Å²) in [7, 11) is 0. The summed E-state index contributed by atoms with van der Waals surface area (Å²) < 4.78 is 0. The molecule has 1 amide bonds. The van der Waals surface area contributed by atoms with Crippen LogP contribution in [-0.2, 0) is 6.54 Å². The molecule has 0 saturated heterocycles. The fourth-order valence-electron chi connectivity index (χ4n) is 1.40. The van der Waals surface area contributed by atoms with Crippen molar-refractivity contribution in [1.82, 2.24) is 10.3 Å². The Balaban J connectivity index is 2.56. The molecule has 3 N–H and O–H groups in total. The Morgan fingerprint density at radius 1 is 1.65 bits per heavy atom. The Labute approximate surface area is 106 Å². The Kier molecular flexibility index (Phi) is 6.00. The van der Waals surface area contributed by atoms with Crippen LogP contribution in [0.5, 0.6) is 0 Å². The largest absolute Gasteiger partial charge is 0.350 e. The quantitative estimate of drug-likeness (QED) is 0.804. The Morgan fingerprint density at radius 2 is 2.41 bits per heavy atom. The highest BCUT2D eigenvalue weighted by Gasteiger charge is 2.09. The van der Waals surface area contributed by atoms with Crippen LogP contribution < -0.4 is 11.1 Å². The van der Waals surface area contributed by atoms with Crippen LogP contribution >= 0.6 is 11.8 Å². The maximum atomic E-state index is 11.9. The first-order valence-corrected chi connectivity index (χ1v) is 7.01. The van der Waals surface area contributed by atoms with E-state index in [1.807, 2.05) is 6.92 Å². The lowest BCUT2D eigenvalue weighted by Gasteiger charge is -2.13. The Hall–Kier alpha value is -1.07. The molecule has 0 bridgehead atoms. The standard InChI is InChI=1S/C12H19N3OS/c1-9(4-6-17-2)15-12(16)10-3-5-14-11(7-10)8-13/h3,5,7,9H,4,6,8,13H2,1-2H3,(H,15,16). The van der Waals surface area contributed by atoms with E-state index in [1.54, 1.807) is 30.1 Å². The van der Waals surface area contributed by atoms with E-state index < -0.39 is 0 Å². The number of carbonyl (C=O) groups is 1. The number of amides is 1. The molecule has 0 aliphatic rings. The van der Waals surface area contributed by atoms with Crippen LogP contribution in [0.15, 0.2) is 18.3 Å². The van der Waals surface area contributed by atoms with Crippen molar-refractivity contribution in [3.05, 3.63) is 29.6 Å². The van der Waals surface area contributed by atoms with Gasteiger partial charge in [-0.1, -0.05) is 0 Å². The maximum absolute atomic E-state index is 11.9. The van der Waals surface area contributed by atoms with Gasteiger partial charge in [0.15, 0.2) is 0 Å². The second kappa shape index (κ2) is 7.29. The van der Waals surface area contributed by atoms with Crippen LogP contribution in [0.2, 0.25) is 0 Å². The number of hydrogen-bond donors (Lipinski definition) is 2. The smallest absolute Gasteiger partial charge is 0.251 e. The van der Waals surface area contributed by atoms with Gasteiger partial charge in [0.05, 0.1) is 5.69 Å². The van der Waals surface area contributed by atoms with Gasteiger partial charge in [0.25, 0.3) is 5.91 Å². The first kappa shape index (κ1) is 14.0. The molecule has 1 heterocycles. The summed E-state index contributed by atoms with van der Waals surface area (Å²) in [4.78, 5) is 16.0. The lowest BCUT2D eigenvalue weighted by molar-refractivity contribution is 0.0939. The number of rotatable bonds is 6. The number of carbonyl (C=O) groups excluding carboxylic acids is 1. The molecule has 1 rings (SSSR count). The van der Waals surface area contributed by atoms with Gasteiger partial charge in [0.2, 0.25) is 0 Å². The van der Waals surface area contributed by atoms with E-state index >= 15 is 0 Å². The molecule has 0 aromatic carbocycles. The van der Waals surface area contributed by atoms with E-state index in [0.717, 1.165) is 17.9 Å². The zero-order valence-corrected chi connectivity index (χ0v) is 11.1. The van der Waals surface area contributed by atoms with Gasteiger partial charge in [-0.05, 0) is 37.5 Å². The fourth-order valence-corrected chi connectivity index (χ4v) is 1.99. The molecular weight excluding hydrogens is 234 g/mol. The van der Waals surface area contributed by atoms with Gasteiger partial charge in [0.1, 0.15) is 0 Å². The maximum Gasteiger partial charge on any atom is 0.251 e. The molecule has 0 aliphatic heterocycles. The Morgan fingerprint density at radius 3 is 3.06 bits per heavy atom. The zero-order chi connectivity index (χ0) is 12.7. The van der Waals surface area contributed by atoms with Gasteiger partial charge in [-0.2, -0.15) is 11.8 Å². The minimum absolute atomic E-state index is 0.0595. The van der Waals surface area contributed by atoms with Crippen molar-refractivity contribution in [3.8, 4) is 0 Å². The number of aromatic nitrogens is 1. The van der Waals surface area contributed by atoms with Crippen LogP contribution in [0.4, 0.5) is 0 Å². The summed E-state index contributed by atoms with van der Waals surface area (Å²) in [5.41, 5.74) is 6.84. The molecule has 0 radical (unpaired) electrons. The number of thioether (sulfide) groups is 1. The molecule has 1 atom stereocenters. The van der Waals surface area contributed by atoms with Gasteiger partial charge in [0, 0.05) is 24.3 Å². The van der Waals surface area contributed by atoms with Crippen molar-refractivity contribution in [2.75, 3.05) is 12.0 Å². The topological polar surface area (TPSA) is 68.0 Å². The van der Waals surface area contributed by atoms with Crippen molar-refractivity contribution in [3.63, 3.8) is 0 Å². The van der Waals surface area contributed by atoms with Crippen molar-refractivity contribution < 1.29 is 4.79 Å². The van der Waals surface area contributed by atoms with Gasteiger partial charge in [-0.25, -0.2) is 0 Å². The molecule has 0 spiro atoms. The third kappa shape index (κ3) is 4.75. The molecule has 0 fully saturated rings. The lowest BCUT2D eigenvalue weighted by atomic mass is 10.2.